The van der Waals surface area contributed by atoms with E-state index in [1.54, 1.807) is 20.8 Å². The number of carbonyl (C=O) groups excluding carboxylic acids is 1. The number of benzene rings is 2. The summed E-state index contributed by atoms with van der Waals surface area (Å²) in [7, 11) is 0. The summed E-state index contributed by atoms with van der Waals surface area (Å²) < 4.78 is 5.44. The molecule has 0 aromatic heterocycles. The van der Waals surface area contributed by atoms with Crippen molar-refractivity contribution in [2.75, 3.05) is 6.61 Å². The third-order valence-corrected chi connectivity index (χ3v) is 4.74. The number of rotatable bonds is 4. The Morgan fingerprint density at radius 2 is 1.62 bits per heavy atom. The van der Waals surface area contributed by atoms with Crippen molar-refractivity contribution >= 4 is 6.09 Å². The van der Waals surface area contributed by atoms with E-state index in [0.717, 1.165) is 0 Å². The fourth-order valence-corrected chi connectivity index (χ4v) is 2.99. The second-order valence-electron chi connectivity index (χ2n) is 6.85. The molecule has 2 aromatic carbocycles. The Morgan fingerprint density at radius 3 is 2.12 bits per heavy atom. The fraction of sp³-hybridized carbons (Fsp3) is 0.350. The third-order valence-electron chi connectivity index (χ3n) is 4.74. The number of ether oxygens (including phenoxy) is 1. The van der Waals surface area contributed by atoms with Crippen molar-refractivity contribution in [1.29, 1.82) is 0 Å². The van der Waals surface area contributed by atoms with Crippen molar-refractivity contribution in [3.8, 4) is 11.1 Å². The molecule has 0 aliphatic heterocycles. The molecule has 3 rings (SSSR count). The van der Waals surface area contributed by atoms with Gasteiger partial charge in [-0.05, 0) is 43.0 Å². The zero-order valence-electron chi connectivity index (χ0n) is 14.2. The average Bonchev–Trinajstić information content (AvgIpc) is 2.86. The van der Waals surface area contributed by atoms with Crippen molar-refractivity contribution in [2.45, 2.75) is 38.3 Å². The van der Waals surface area contributed by atoms with Gasteiger partial charge in [0.25, 0.3) is 0 Å². The first-order valence-corrected chi connectivity index (χ1v) is 8.22. The number of nitrogens with one attached hydrogen (secondary N) is 1. The minimum absolute atomic E-state index is 0.0422. The summed E-state index contributed by atoms with van der Waals surface area (Å²) in [6.45, 7) is 5.34. The topological polar surface area (TPSA) is 58.6 Å². The smallest absolute Gasteiger partial charge is 0.407 e. The van der Waals surface area contributed by atoms with Gasteiger partial charge in [-0.2, -0.15) is 0 Å². The van der Waals surface area contributed by atoms with Crippen LogP contribution >= 0.6 is 0 Å². The monoisotopic (exact) mass is 325 g/mol. The van der Waals surface area contributed by atoms with Crippen molar-refractivity contribution in [3.05, 3.63) is 59.7 Å². The minimum atomic E-state index is -0.994. The molecule has 0 fully saturated rings. The summed E-state index contributed by atoms with van der Waals surface area (Å²) in [5.74, 6) is 0.0422. The van der Waals surface area contributed by atoms with Crippen molar-refractivity contribution in [2.24, 2.45) is 0 Å². The molecule has 4 heteroatoms. The van der Waals surface area contributed by atoms with Crippen LogP contribution in [0.1, 0.15) is 37.8 Å². The molecule has 0 saturated carbocycles. The first-order valence-electron chi connectivity index (χ1n) is 8.22. The van der Waals surface area contributed by atoms with Crippen LogP contribution in [0.25, 0.3) is 11.1 Å². The van der Waals surface area contributed by atoms with Crippen LogP contribution in [-0.4, -0.2) is 29.4 Å². The quantitative estimate of drug-likeness (QED) is 0.901. The van der Waals surface area contributed by atoms with E-state index in [0.29, 0.717) is 0 Å². The largest absolute Gasteiger partial charge is 0.449 e. The van der Waals surface area contributed by atoms with Crippen LogP contribution in [0.2, 0.25) is 0 Å². The van der Waals surface area contributed by atoms with E-state index in [9.17, 15) is 9.90 Å². The maximum atomic E-state index is 12.0. The van der Waals surface area contributed by atoms with Gasteiger partial charge in [0.05, 0.1) is 11.6 Å². The predicted molar refractivity (Wildman–Crippen MR) is 94.0 cm³/mol. The first kappa shape index (κ1) is 16.5. The summed E-state index contributed by atoms with van der Waals surface area (Å²) in [6.07, 6.45) is -0.508. The molecular formula is C20H23NO3. The van der Waals surface area contributed by atoms with Gasteiger partial charge in [0, 0.05) is 5.92 Å². The molecule has 0 radical (unpaired) electrons. The highest BCUT2D eigenvalue weighted by Gasteiger charge is 2.30. The molecule has 4 nitrogen and oxygen atoms in total. The highest BCUT2D eigenvalue weighted by molar-refractivity contribution is 5.79. The maximum Gasteiger partial charge on any atom is 0.407 e. The van der Waals surface area contributed by atoms with Gasteiger partial charge in [0.15, 0.2) is 0 Å². The Kier molecular flexibility index (Phi) is 4.33. The lowest BCUT2D eigenvalue weighted by Crippen LogP contribution is -2.47. The predicted octanol–water partition coefficient (Wildman–Crippen LogP) is 3.68. The Morgan fingerprint density at radius 1 is 1.12 bits per heavy atom. The number of carbonyl (C=O) groups is 1. The van der Waals surface area contributed by atoms with E-state index in [1.807, 2.05) is 24.3 Å². The Balaban J connectivity index is 1.73. The van der Waals surface area contributed by atoms with Gasteiger partial charge >= 0.3 is 6.09 Å². The zero-order valence-corrected chi connectivity index (χ0v) is 14.2. The number of aliphatic hydroxyl groups is 1. The average molecular weight is 325 g/mol. The Labute approximate surface area is 142 Å². The van der Waals surface area contributed by atoms with Gasteiger partial charge in [-0.25, -0.2) is 4.79 Å². The molecule has 1 atom stereocenters. The van der Waals surface area contributed by atoms with Gasteiger partial charge in [0.1, 0.15) is 6.61 Å². The molecule has 0 bridgehead atoms. The molecule has 1 aliphatic rings. The lowest BCUT2D eigenvalue weighted by Gasteiger charge is -2.26. The number of alkyl carbamates (subject to hydrolysis) is 1. The number of hydrogen-bond donors (Lipinski definition) is 2. The highest BCUT2D eigenvalue weighted by atomic mass is 16.5. The van der Waals surface area contributed by atoms with E-state index in [2.05, 4.69) is 29.6 Å². The number of fused-ring (bicyclic) bond motifs is 3. The highest BCUT2D eigenvalue weighted by Crippen LogP contribution is 2.44. The van der Waals surface area contributed by atoms with Crippen LogP contribution < -0.4 is 5.32 Å². The van der Waals surface area contributed by atoms with Crippen LogP contribution in [0.15, 0.2) is 48.5 Å². The van der Waals surface area contributed by atoms with Crippen LogP contribution in [0.3, 0.4) is 0 Å². The normalized spacial score (nSPS) is 14.7. The molecule has 0 saturated heterocycles. The van der Waals surface area contributed by atoms with Crippen LogP contribution in [0.4, 0.5) is 4.79 Å². The molecular weight excluding hydrogens is 302 g/mol. The molecule has 1 amide bonds. The van der Waals surface area contributed by atoms with E-state index >= 15 is 0 Å². The summed E-state index contributed by atoms with van der Waals surface area (Å²) in [5, 5.41) is 12.6. The molecule has 2 N–H and O–H groups in total. The lowest BCUT2D eigenvalue weighted by molar-refractivity contribution is 0.0405. The molecule has 0 heterocycles. The minimum Gasteiger partial charge on any atom is -0.449 e. The van der Waals surface area contributed by atoms with Crippen LogP contribution in [0, 0.1) is 0 Å². The summed E-state index contributed by atoms with van der Waals surface area (Å²) in [4.78, 5) is 12.0. The summed E-state index contributed by atoms with van der Waals surface area (Å²) >= 11 is 0. The van der Waals surface area contributed by atoms with E-state index < -0.39 is 17.7 Å². The Bertz CT molecular complexity index is 703. The first-order chi connectivity index (χ1) is 11.4. The van der Waals surface area contributed by atoms with Crippen LogP contribution in [-0.2, 0) is 4.74 Å². The lowest BCUT2D eigenvalue weighted by atomic mass is 9.98. The standard InChI is InChI=1S/C20H23NO3/c1-13(20(2,3)23)21-19(22)24-12-18-16-10-6-4-8-14(16)15-9-5-7-11-17(15)18/h4-11,13,18,23H,12H2,1-3H3,(H,21,22)/t13-/m1/s1. The van der Waals surface area contributed by atoms with Crippen molar-refractivity contribution in [3.63, 3.8) is 0 Å². The maximum absolute atomic E-state index is 12.0. The van der Waals surface area contributed by atoms with E-state index in [4.69, 9.17) is 4.74 Å². The van der Waals surface area contributed by atoms with E-state index in [-0.39, 0.29) is 12.5 Å². The molecule has 0 unspecified atom stereocenters. The molecule has 126 valence electrons. The third kappa shape index (κ3) is 3.15. The SMILES string of the molecule is C[C@@H](NC(=O)OCC1c2ccccc2-c2ccccc21)C(C)(C)O. The second-order valence-corrected chi connectivity index (χ2v) is 6.85. The molecule has 0 spiro atoms. The van der Waals surface area contributed by atoms with Crippen molar-refractivity contribution < 1.29 is 14.6 Å². The summed E-state index contributed by atoms with van der Waals surface area (Å²) in [5.41, 5.74) is 3.77. The second kappa shape index (κ2) is 6.29. The molecule has 24 heavy (non-hydrogen) atoms. The number of amides is 1. The molecule has 2 aromatic rings. The van der Waals surface area contributed by atoms with Crippen molar-refractivity contribution in [1.82, 2.24) is 5.32 Å². The zero-order chi connectivity index (χ0) is 17.3. The fourth-order valence-electron chi connectivity index (χ4n) is 2.99. The van der Waals surface area contributed by atoms with Gasteiger partial charge in [-0.3, -0.25) is 0 Å². The summed E-state index contributed by atoms with van der Waals surface area (Å²) in [6, 6.07) is 16.0. The van der Waals surface area contributed by atoms with Gasteiger partial charge in [-0.15, -0.1) is 0 Å². The van der Waals surface area contributed by atoms with Crippen LogP contribution in [0.5, 0.6) is 0 Å². The van der Waals surface area contributed by atoms with Gasteiger partial charge in [-0.1, -0.05) is 48.5 Å². The van der Waals surface area contributed by atoms with Gasteiger partial charge in [0.2, 0.25) is 0 Å². The van der Waals surface area contributed by atoms with E-state index in [1.165, 1.54) is 22.3 Å². The van der Waals surface area contributed by atoms with Gasteiger partial charge < -0.3 is 15.2 Å². The Hall–Kier alpha value is -2.33. The number of hydrogen-bond acceptors (Lipinski definition) is 3. The molecule has 1 aliphatic carbocycles.